The average Bonchev–Trinajstić information content (AvgIpc) is 1.61. The van der Waals surface area contributed by atoms with E-state index in [4.69, 9.17) is 0 Å². The molecule has 2 nitrogen and oxygen atoms in total. The SMILES string of the molecule is CC[N]CN(C)C. The second kappa shape index (κ2) is 4.09. The van der Waals surface area contributed by atoms with Gasteiger partial charge in [0.1, 0.15) is 0 Å². The third-order valence-electron chi connectivity index (χ3n) is 0.606. The fourth-order valence-electron chi connectivity index (χ4n) is 0.300. The summed E-state index contributed by atoms with van der Waals surface area (Å²) >= 11 is 0. The molecule has 0 fully saturated rings. The highest BCUT2D eigenvalue weighted by molar-refractivity contribution is 4.35. The minimum Gasteiger partial charge on any atom is -0.296 e. The first-order valence-corrected chi connectivity index (χ1v) is 2.55. The van der Waals surface area contributed by atoms with Crippen molar-refractivity contribution in [1.29, 1.82) is 0 Å². The van der Waals surface area contributed by atoms with Crippen LogP contribution in [0.4, 0.5) is 0 Å². The quantitative estimate of drug-likeness (QED) is 0.494. The zero-order valence-electron chi connectivity index (χ0n) is 5.31. The molecule has 0 heterocycles. The van der Waals surface area contributed by atoms with E-state index in [1.54, 1.807) is 0 Å². The van der Waals surface area contributed by atoms with Crippen molar-refractivity contribution in [2.24, 2.45) is 0 Å². The van der Waals surface area contributed by atoms with E-state index in [0.717, 1.165) is 13.2 Å². The Morgan fingerprint density at radius 2 is 2.00 bits per heavy atom. The molecule has 43 valence electrons. The van der Waals surface area contributed by atoms with E-state index >= 15 is 0 Å². The van der Waals surface area contributed by atoms with Crippen LogP contribution in [0.1, 0.15) is 6.92 Å². The molecule has 7 heavy (non-hydrogen) atoms. The number of hydrogen-bond donors (Lipinski definition) is 0. The fraction of sp³-hybridized carbons (Fsp3) is 1.00. The van der Waals surface area contributed by atoms with Crippen molar-refractivity contribution in [3.05, 3.63) is 0 Å². The Morgan fingerprint density at radius 1 is 1.43 bits per heavy atom. The summed E-state index contributed by atoms with van der Waals surface area (Å²) in [6, 6.07) is 0. The molecule has 1 radical (unpaired) electrons. The predicted octanol–water partition coefficient (Wildman–Crippen LogP) is 0.130. The molecular formula is C5H13N2. The van der Waals surface area contributed by atoms with Gasteiger partial charge in [-0.25, -0.2) is 5.32 Å². The van der Waals surface area contributed by atoms with Gasteiger partial charge in [-0.05, 0) is 14.1 Å². The van der Waals surface area contributed by atoms with Crippen LogP contribution in [0.3, 0.4) is 0 Å². The van der Waals surface area contributed by atoms with Gasteiger partial charge < -0.3 is 0 Å². The molecule has 0 atom stereocenters. The van der Waals surface area contributed by atoms with Crippen LogP contribution >= 0.6 is 0 Å². The fourth-order valence-corrected chi connectivity index (χ4v) is 0.300. The van der Waals surface area contributed by atoms with Crippen LogP contribution in [0.25, 0.3) is 0 Å². The summed E-state index contributed by atoms with van der Waals surface area (Å²) in [7, 11) is 4.03. The van der Waals surface area contributed by atoms with Crippen molar-refractivity contribution in [3.8, 4) is 0 Å². The van der Waals surface area contributed by atoms with E-state index < -0.39 is 0 Å². The molecule has 0 rings (SSSR count). The Kier molecular flexibility index (Phi) is 4.04. The standard InChI is InChI=1S/C5H13N2/c1-4-6-5-7(2)3/h4-5H2,1-3H3. The average molecular weight is 101 g/mol. The molecule has 0 aromatic rings. The molecule has 0 aromatic heterocycles. The van der Waals surface area contributed by atoms with Crippen molar-refractivity contribution >= 4 is 0 Å². The second-order valence-electron chi connectivity index (χ2n) is 1.76. The lowest BCUT2D eigenvalue weighted by molar-refractivity contribution is 0.369. The summed E-state index contributed by atoms with van der Waals surface area (Å²) in [5, 5.41) is 4.10. The molecule has 0 N–H and O–H groups in total. The Balaban J connectivity index is 2.68. The predicted molar refractivity (Wildman–Crippen MR) is 31.2 cm³/mol. The highest BCUT2D eigenvalue weighted by Crippen LogP contribution is 1.66. The van der Waals surface area contributed by atoms with E-state index in [9.17, 15) is 0 Å². The third kappa shape index (κ3) is 5.92. The zero-order chi connectivity index (χ0) is 5.70. The van der Waals surface area contributed by atoms with Crippen LogP contribution in [0.2, 0.25) is 0 Å². The Hall–Kier alpha value is -0.0800. The minimum atomic E-state index is 0.858. The minimum absolute atomic E-state index is 0.858. The molecule has 0 aliphatic rings. The molecule has 0 unspecified atom stereocenters. The zero-order valence-corrected chi connectivity index (χ0v) is 5.31. The molecular weight excluding hydrogens is 88.1 g/mol. The van der Waals surface area contributed by atoms with Crippen LogP contribution in [0.15, 0.2) is 0 Å². The van der Waals surface area contributed by atoms with Crippen LogP contribution in [-0.4, -0.2) is 32.2 Å². The van der Waals surface area contributed by atoms with Gasteiger partial charge in [0.2, 0.25) is 0 Å². The van der Waals surface area contributed by atoms with Gasteiger partial charge in [-0.15, -0.1) is 0 Å². The van der Waals surface area contributed by atoms with Crippen LogP contribution < -0.4 is 5.32 Å². The van der Waals surface area contributed by atoms with Crippen molar-refractivity contribution in [2.75, 3.05) is 27.3 Å². The van der Waals surface area contributed by atoms with Gasteiger partial charge in [0.15, 0.2) is 0 Å². The first kappa shape index (κ1) is 6.92. The van der Waals surface area contributed by atoms with Gasteiger partial charge in [-0.3, -0.25) is 4.90 Å². The van der Waals surface area contributed by atoms with Gasteiger partial charge in [0.05, 0.1) is 6.67 Å². The summed E-state index contributed by atoms with van der Waals surface area (Å²) in [4.78, 5) is 2.05. The molecule has 0 aromatic carbocycles. The van der Waals surface area contributed by atoms with Gasteiger partial charge in [0.25, 0.3) is 0 Å². The highest BCUT2D eigenvalue weighted by Gasteiger charge is 1.83. The van der Waals surface area contributed by atoms with Gasteiger partial charge >= 0.3 is 0 Å². The molecule has 0 spiro atoms. The molecule has 0 aliphatic carbocycles. The van der Waals surface area contributed by atoms with Gasteiger partial charge in [-0.2, -0.15) is 0 Å². The summed E-state index contributed by atoms with van der Waals surface area (Å²) in [5.41, 5.74) is 0. The van der Waals surface area contributed by atoms with Crippen molar-refractivity contribution < 1.29 is 0 Å². The smallest absolute Gasteiger partial charge is 0.0643 e. The van der Waals surface area contributed by atoms with E-state index in [0.29, 0.717) is 0 Å². The molecule has 0 aliphatic heterocycles. The lowest BCUT2D eigenvalue weighted by atomic mass is 10.7. The Labute approximate surface area is 45.5 Å². The summed E-state index contributed by atoms with van der Waals surface area (Å²) in [5.74, 6) is 0. The Morgan fingerprint density at radius 3 is 2.14 bits per heavy atom. The van der Waals surface area contributed by atoms with Crippen LogP contribution in [-0.2, 0) is 0 Å². The second-order valence-corrected chi connectivity index (χ2v) is 1.76. The summed E-state index contributed by atoms with van der Waals surface area (Å²) in [6.07, 6.45) is 0. The first-order chi connectivity index (χ1) is 3.27. The summed E-state index contributed by atoms with van der Waals surface area (Å²) in [6.45, 7) is 3.83. The van der Waals surface area contributed by atoms with E-state index in [1.807, 2.05) is 25.9 Å². The maximum Gasteiger partial charge on any atom is 0.0643 e. The molecule has 0 amide bonds. The van der Waals surface area contributed by atoms with Gasteiger partial charge in [0, 0.05) is 6.54 Å². The van der Waals surface area contributed by atoms with E-state index in [-0.39, 0.29) is 0 Å². The maximum absolute atomic E-state index is 4.10. The van der Waals surface area contributed by atoms with E-state index in [2.05, 4.69) is 5.32 Å². The first-order valence-electron chi connectivity index (χ1n) is 2.55. The summed E-state index contributed by atoms with van der Waals surface area (Å²) < 4.78 is 0. The van der Waals surface area contributed by atoms with Crippen molar-refractivity contribution in [1.82, 2.24) is 10.2 Å². The lowest BCUT2D eigenvalue weighted by Gasteiger charge is -2.05. The normalized spacial score (nSPS) is 10.3. The third-order valence-corrected chi connectivity index (χ3v) is 0.606. The van der Waals surface area contributed by atoms with Gasteiger partial charge in [-0.1, -0.05) is 6.92 Å². The molecule has 0 bridgehead atoms. The maximum atomic E-state index is 4.10. The largest absolute Gasteiger partial charge is 0.296 e. The topological polar surface area (TPSA) is 17.3 Å². The molecule has 2 heteroatoms. The molecule has 0 saturated carbocycles. The van der Waals surface area contributed by atoms with E-state index in [1.165, 1.54) is 0 Å². The number of hydrogen-bond acceptors (Lipinski definition) is 1. The highest BCUT2D eigenvalue weighted by atomic mass is 15.2. The monoisotopic (exact) mass is 101 g/mol. The van der Waals surface area contributed by atoms with Crippen molar-refractivity contribution in [3.63, 3.8) is 0 Å². The van der Waals surface area contributed by atoms with Crippen molar-refractivity contribution in [2.45, 2.75) is 6.92 Å². The number of nitrogens with zero attached hydrogens (tertiary/aromatic N) is 2. The number of rotatable bonds is 3. The lowest BCUT2D eigenvalue weighted by Crippen LogP contribution is -2.21. The molecule has 0 saturated heterocycles. The van der Waals surface area contributed by atoms with Crippen LogP contribution in [0, 0.1) is 0 Å². The Bertz CT molecular complexity index is 35.1. The van der Waals surface area contributed by atoms with Crippen LogP contribution in [0.5, 0.6) is 0 Å².